The van der Waals surface area contributed by atoms with E-state index in [0.29, 0.717) is 68.8 Å². The molecule has 2 unspecified atom stereocenters. The summed E-state index contributed by atoms with van der Waals surface area (Å²) in [5.74, 6) is 2.28. The quantitative estimate of drug-likeness (QED) is 0.201. The Morgan fingerprint density at radius 3 is 2.04 bits per heavy atom. The van der Waals surface area contributed by atoms with Gasteiger partial charge < -0.3 is 38.3 Å². The van der Waals surface area contributed by atoms with Crippen molar-refractivity contribution >= 4 is 9.84 Å². The number of methoxy groups -OCH3 is 3. The molecule has 2 saturated heterocycles. The largest absolute Gasteiger partial charge is 0.493 e. The molecule has 2 atom stereocenters. The zero-order chi connectivity index (χ0) is 32.9. The fourth-order valence-corrected chi connectivity index (χ4v) is 7.42. The maximum atomic E-state index is 13.7. The van der Waals surface area contributed by atoms with Gasteiger partial charge in [-0.15, -0.1) is 0 Å². The Bertz CT molecular complexity index is 1320. The number of ether oxygens (including phenoxy) is 7. The van der Waals surface area contributed by atoms with Crippen LogP contribution in [0.4, 0.5) is 0 Å². The molecule has 1 N–H and O–H groups in total. The number of hydrogen-bond donors (Lipinski definition) is 1. The van der Waals surface area contributed by atoms with Gasteiger partial charge >= 0.3 is 0 Å². The Balaban J connectivity index is 1.64. The minimum Gasteiger partial charge on any atom is -0.493 e. The summed E-state index contributed by atoms with van der Waals surface area (Å²) in [6.07, 6.45) is 4.51. The lowest BCUT2D eigenvalue weighted by atomic mass is 10.0. The van der Waals surface area contributed by atoms with Crippen LogP contribution in [0.1, 0.15) is 75.2 Å². The van der Waals surface area contributed by atoms with Crippen LogP contribution in [0.3, 0.4) is 0 Å². The molecule has 2 aromatic carbocycles. The predicted molar refractivity (Wildman–Crippen MR) is 174 cm³/mol. The lowest BCUT2D eigenvalue weighted by Crippen LogP contribution is -2.38. The van der Waals surface area contributed by atoms with Crippen molar-refractivity contribution in [1.29, 1.82) is 0 Å². The average molecular weight is 666 g/mol. The van der Waals surface area contributed by atoms with Crippen molar-refractivity contribution < 1.29 is 46.7 Å². The molecular weight excluding hydrogens is 614 g/mol. The molecule has 12 heteroatoms. The Morgan fingerprint density at radius 2 is 1.43 bits per heavy atom. The first kappa shape index (κ1) is 36.1. The van der Waals surface area contributed by atoms with Crippen LogP contribution in [-0.2, 0) is 19.3 Å². The van der Waals surface area contributed by atoms with E-state index in [1.807, 2.05) is 25.1 Å². The van der Waals surface area contributed by atoms with Gasteiger partial charge in [-0.3, -0.25) is 4.90 Å². The summed E-state index contributed by atoms with van der Waals surface area (Å²) in [6, 6.07) is 7.38. The second-order valence-electron chi connectivity index (χ2n) is 11.6. The fourth-order valence-electron chi connectivity index (χ4n) is 5.91. The van der Waals surface area contributed by atoms with Crippen LogP contribution in [0.2, 0.25) is 0 Å². The van der Waals surface area contributed by atoms with Crippen molar-refractivity contribution in [2.24, 2.45) is 0 Å². The van der Waals surface area contributed by atoms with Gasteiger partial charge in [0, 0.05) is 26.2 Å². The molecule has 2 fully saturated rings. The lowest BCUT2D eigenvalue weighted by Gasteiger charge is -2.27. The predicted octanol–water partition coefficient (Wildman–Crippen LogP) is 5.13. The zero-order valence-corrected chi connectivity index (χ0v) is 28.6. The molecule has 0 saturated carbocycles. The van der Waals surface area contributed by atoms with E-state index in [2.05, 4.69) is 4.90 Å². The van der Waals surface area contributed by atoms with Gasteiger partial charge in [0.05, 0.1) is 59.1 Å². The molecule has 4 rings (SSSR count). The highest BCUT2D eigenvalue weighted by Crippen LogP contribution is 2.48. The molecule has 46 heavy (non-hydrogen) atoms. The summed E-state index contributed by atoms with van der Waals surface area (Å²) in [4.78, 5) is 2.41. The number of aliphatic hydroxyl groups is 1. The average Bonchev–Trinajstić information content (AvgIpc) is 3.57. The molecular formula is C34H51NO10S. The van der Waals surface area contributed by atoms with Crippen LogP contribution < -0.4 is 23.7 Å². The van der Waals surface area contributed by atoms with Gasteiger partial charge in [-0.1, -0.05) is 13.3 Å². The van der Waals surface area contributed by atoms with Gasteiger partial charge in [0.25, 0.3) is 0 Å². The first-order chi connectivity index (χ1) is 22.3. The molecule has 0 bridgehead atoms. The highest BCUT2D eigenvalue weighted by Gasteiger charge is 2.33. The van der Waals surface area contributed by atoms with Crippen molar-refractivity contribution in [3.8, 4) is 28.7 Å². The summed E-state index contributed by atoms with van der Waals surface area (Å²) in [6.45, 7) is 6.46. The highest BCUT2D eigenvalue weighted by atomic mass is 32.2. The molecule has 2 heterocycles. The molecule has 0 radical (unpaired) electrons. The van der Waals surface area contributed by atoms with E-state index >= 15 is 0 Å². The van der Waals surface area contributed by atoms with Crippen molar-refractivity contribution in [3.05, 3.63) is 35.4 Å². The number of sulfone groups is 1. The molecule has 0 aliphatic carbocycles. The Hall–Kier alpha value is -2.77. The molecule has 0 spiro atoms. The van der Waals surface area contributed by atoms with Crippen LogP contribution in [0, 0.1) is 0 Å². The number of hydrogen-bond acceptors (Lipinski definition) is 11. The van der Waals surface area contributed by atoms with Crippen molar-refractivity contribution in [2.45, 2.75) is 69.0 Å². The van der Waals surface area contributed by atoms with Crippen molar-refractivity contribution in [1.82, 2.24) is 4.90 Å². The van der Waals surface area contributed by atoms with Crippen LogP contribution in [0.5, 0.6) is 28.7 Å². The Kier molecular flexibility index (Phi) is 14.1. The first-order valence-electron chi connectivity index (χ1n) is 16.4. The van der Waals surface area contributed by atoms with Gasteiger partial charge in [0.15, 0.2) is 32.8 Å². The van der Waals surface area contributed by atoms with E-state index in [1.165, 1.54) is 0 Å². The van der Waals surface area contributed by atoms with E-state index in [-0.39, 0.29) is 35.2 Å². The number of unbranched alkanes of at least 4 members (excludes halogenated alkanes) is 3. The van der Waals surface area contributed by atoms with Gasteiger partial charge in [-0.2, -0.15) is 0 Å². The minimum atomic E-state index is -3.67. The third-order valence-electron chi connectivity index (χ3n) is 8.37. The molecule has 2 aliphatic heterocycles. The van der Waals surface area contributed by atoms with E-state index in [4.69, 9.17) is 38.3 Å². The minimum absolute atomic E-state index is 0.00385. The Labute approximate surface area is 273 Å². The summed E-state index contributed by atoms with van der Waals surface area (Å²) in [7, 11) is 1.06. The number of benzene rings is 2. The third kappa shape index (κ3) is 9.41. The van der Waals surface area contributed by atoms with Gasteiger partial charge in [-0.25, -0.2) is 8.42 Å². The van der Waals surface area contributed by atoms with E-state index < -0.39 is 9.84 Å². The number of morpholine rings is 1. The van der Waals surface area contributed by atoms with Crippen LogP contribution in [-0.4, -0.2) is 98.2 Å². The monoisotopic (exact) mass is 665 g/mol. The SMILES string of the molecule is CCCS(=O)(=O)c1cc(C2CCC(c3cc(OC)c(OC)c(OC)c3)O2)cc(OCCN2CCOCC2)c1OCCCCCCO. The molecule has 0 amide bonds. The van der Waals surface area contributed by atoms with Gasteiger partial charge in [0.1, 0.15) is 11.5 Å². The standard InChI is InChI=1S/C34H51NO10S/c1-5-20-46(37,38)32-24-26(28-11-10-27(45-28)25-21-29(39-2)33(41-4)30(22-25)40-3)23-31(34(32)44-16-9-7-6-8-15-36)43-19-14-35-12-17-42-18-13-35/h21-24,27-28,36H,5-20H2,1-4H3. The molecule has 2 aliphatic rings. The summed E-state index contributed by atoms with van der Waals surface area (Å²) in [5.41, 5.74) is 1.63. The van der Waals surface area contributed by atoms with Crippen molar-refractivity contribution in [2.75, 3.05) is 79.8 Å². The molecule has 258 valence electrons. The van der Waals surface area contributed by atoms with E-state index in [0.717, 1.165) is 56.3 Å². The van der Waals surface area contributed by atoms with E-state index in [1.54, 1.807) is 27.4 Å². The highest BCUT2D eigenvalue weighted by molar-refractivity contribution is 7.91. The molecule has 11 nitrogen and oxygen atoms in total. The number of aliphatic hydroxyl groups excluding tert-OH is 1. The van der Waals surface area contributed by atoms with Crippen LogP contribution >= 0.6 is 0 Å². The van der Waals surface area contributed by atoms with Gasteiger partial charge in [-0.05, 0) is 73.9 Å². The van der Waals surface area contributed by atoms with Crippen LogP contribution in [0.25, 0.3) is 0 Å². The Morgan fingerprint density at radius 1 is 0.804 bits per heavy atom. The smallest absolute Gasteiger partial charge is 0.203 e. The third-order valence-corrected chi connectivity index (χ3v) is 10.3. The summed E-state index contributed by atoms with van der Waals surface area (Å²) < 4.78 is 68.6. The second-order valence-corrected chi connectivity index (χ2v) is 13.7. The fraction of sp³-hybridized carbons (Fsp3) is 0.647. The zero-order valence-electron chi connectivity index (χ0n) is 27.8. The maximum Gasteiger partial charge on any atom is 0.203 e. The first-order valence-corrected chi connectivity index (χ1v) is 18.0. The topological polar surface area (TPSA) is 122 Å². The van der Waals surface area contributed by atoms with E-state index in [9.17, 15) is 8.42 Å². The number of rotatable bonds is 19. The second kappa shape index (κ2) is 18.0. The van der Waals surface area contributed by atoms with Gasteiger partial charge in [0.2, 0.25) is 5.75 Å². The molecule has 2 aromatic rings. The van der Waals surface area contributed by atoms with Crippen molar-refractivity contribution in [3.63, 3.8) is 0 Å². The van der Waals surface area contributed by atoms with Crippen LogP contribution in [0.15, 0.2) is 29.2 Å². The number of nitrogens with zero attached hydrogens (tertiary/aromatic N) is 1. The lowest BCUT2D eigenvalue weighted by molar-refractivity contribution is 0.0318. The maximum absolute atomic E-state index is 13.7. The summed E-state index contributed by atoms with van der Waals surface area (Å²) >= 11 is 0. The molecule has 0 aromatic heterocycles. The summed E-state index contributed by atoms with van der Waals surface area (Å²) in [5, 5.41) is 9.10. The normalized spacial score (nSPS) is 18.8.